The van der Waals surface area contributed by atoms with Crippen LogP contribution in [0.25, 0.3) is 0 Å². The zero-order valence-corrected chi connectivity index (χ0v) is 11.9. The van der Waals surface area contributed by atoms with Gasteiger partial charge < -0.3 is 5.32 Å². The summed E-state index contributed by atoms with van der Waals surface area (Å²) >= 11 is 0. The molecule has 0 spiro atoms. The number of hydrogen-bond acceptors (Lipinski definition) is 2. The zero-order valence-electron chi connectivity index (χ0n) is 11.1. The molecule has 0 aliphatic heterocycles. The molecular weight excluding hydrogens is 279 g/mol. The number of hydrogen-bond donors (Lipinski definition) is 1. The molecule has 1 N–H and O–H groups in total. The Hall–Kier alpha value is -1.94. The van der Waals surface area contributed by atoms with Gasteiger partial charge in [-0.2, -0.15) is 0 Å². The number of aryl methyl sites for hydroxylation is 1. The van der Waals surface area contributed by atoms with Crippen LogP contribution in [0, 0.1) is 12.7 Å². The molecule has 0 unspecified atom stereocenters. The molecule has 20 heavy (non-hydrogen) atoms. The molecule has 106 valence electrons. The molecule has 0 saturated carbocycles. The summed E-state index contributed by atoms with van der Waals surface area (Å²) in [5.41, 5.74) is 2.17. The van der Waals surface area contributed by atoms with Gasteiger partial charge in [-0.25, -0.2) is 4.39 Å². The number of rotatable bonds is 4. The highest BCUT2D eigenvalue weighted by Gasteiger charge is 2.04. The van der Waals surface area contributed by atoms with Crippen LogP contribution in [-0.4, -0.2) is 17.4 Å². The zero-order chi connectivity index (χ0) is 13.7. The second-order valence-corrected chi connectivity index (χ2v) is 4.33. The van der Waals surface area contributed by atoms with Gasteiger partial charge in [-0.05, 0) is 42.7 Å². The lowest BCUT2D eigenvalue weighted by atomic mass is 10.1. The van der Waals surface area contributed by atoms with Crippen molar-refractivity contribution >= 4 is 18.3 Å². The minimum Gasteiger partial charge on any atom is -0.352 e. The molecule has 0 aliphatic carbocycles. The van der Waals surface area contributed by atoms with Gasteiger partial charge in [0.2, 0.25) is 0 Å². The number of aromatic nitrogens is 1. The van der Waals surface area contributed by atoms with Crippen LogP contribution in [0.2, 0.25) is 0 Å². The number of nitrogens with zero attached hydrogens (tertiary/aromatic N) is 1. The van der Waals surface area contributed by atoms with Gasteiger partial charge in [0.15, 0.2) is 0 Å². The summed E-state index contributed by atoms with van der Waals surface area (Å²) < 4.78 is 13.1. The lowest BCUT2D eigenvalue weighted by molar-refractivity contribution is 0.0954. The van der Waals surface area contributed by atoms with Crippen LogP contribution in [0.15, 0.2) is 42.7 Å². The van der Waals surface area contributed by atoms with Crippen molar-refractivity contribution < 1.29 is 9.18 Å². The fourth-order valence-electron chi connectivity index (χ4n) is 1.78. The highest BCUT2D eigenvalue weighted by Crippen LogP contribution is 2.09. The van der Waals surface area contributed by atoms with Crippen molar-refractivity contribution in [2.45, 2.75) is 13.3 Å². The number of carbonyl (C=O) groups is 1. The molecule has 0 bridgehead atoms. The first kappa shape index (κ1) is 16.1. The number of halogens is 2. The smallest absolute Gasteiger partial charge is 0.252 e. The predicted molar refractivity (Wildman–Crippen MR) is 78.7 cm³/mol. The quantitative estimate of drug-likeness (QED) is 0.942. The summed E-state index contributed by atoms with van der Waals surface area (Å²) in [5, 5.41) is 2.81. The molecule has 3 nitrogen and oxygen atoms in total. The molecule has 0 aliphatic rings. The normalized spacial score (nSPS) is 9.70. The Kier molecular flexibility index (Phi) is 6.12. The SMILES string of the molecule is Cc1cc(CCNC(=O)c2cccnc2)ccc1F.Cl. The lowest BCUT2D eigenvalue weighted by Gasteiger charge is -2.06. The first-order chi connectivity index (χ1) is 9.16. The summed E-state index contributed by atoms with van der Waals surface area (Å²) in [4.78, 5) is 15.6. The monoisotopic (exact) mass is 294 g/mol. The first-order valence-corrected chi connectivity index (χ1v) is 6.10. The molecule has 1 aromatic heterocycles. The number of pyridine rings is 1. The maximum atomic E-state index is 13.1. The van der Waals surface area contributed by atoms with Gasteiger partial charge in [-0.1, -0.05) is 12.1 Å². The van der Waals surface area contributed by atoms with E-state index in [0.29, 0.717) is 24.1 Å². The number of benzene rings is 1. The van der Waals surface area contributed by atoms with E-state index in [4.69, 9.17) is 0 Å². The van der Waals surface area contributed by atoms with Gasteiger partial charge in [0.05, 0.1) is 5.56 Å². The highest BCUT2D eigenvalue weighted by molar-refractivity contribution is 5.93. The molecule has 2 rings (SSSR count). The Morgan fingerprint density at radius 2 is 2.15 bits per heavy atom. The molecule has 2 aromatic rings. The van der Waals surface area contributed by atoms with Gasteiger partial charge in [-0.15, -0.1) is 12.4 Å². The third-order valence-corrected chi connectivity index (χ3v) is 2.85. The van der Waals surface area contributed by atoms with Gasteiger partial charge in [-0.3, -0.25) is 9.78 Å². The van der Waals surface area contributed by atoms with E-state index in [1.807, 2.05) is 0 Å². The summed E-state index contributed by atoms with van der Waals surface area (Å²) in [6, 6.07) is 8.42. The van der Waals surface area contributed by atoms with E-state index >= 15 is 0 Å². The molecule has 1 heterocycles. The van der Waals surface area contributed by atoms with E-state index in [0.717, 1.165) is 5.56 Å². The molecule has 0 atom stereocenters. The molecule has 0 radical (unpaired) electrons. The van der Waals surface area contributed by atoms with Crippen molar-refractivity contribution in [3.8, 4) is 0 Å². The molecule has 0 fully saturated rings. The average molecular weight is 295 g/mol. The van der Waals surface area contributed by atoms with Crippen LogP contribution in [0.5, 0.6) is 0 Å². The van der Waals surface area contributed by atoms with E-state index in [1.165, 1.54) is 12.3 Å². The summed E-state index contributed by atoms with van der Waals surface area (Å²) in [6.07, 6.45) is 3.82. The van der Waals surface area contributed by atoms with E-state index in [9.17, 15) is 9.18 Å². The van der Waals surface area contributed by atoms with Gasteiger partial charge in [0.25, 0.3) is 5.91 Å². The highest BCUT2D eigenvalue weighted by atomic mass is 35.5. The number of amides is 1. The third-order valence-electron chi connectivity index (χ3n) is 2.85. The van der Waals surface area contributed by atoms with Crippen molar-refractivity contribution in [1.29, 1.82) is 0 Å². The number of nitrogens with one attached hydrogen (secondary N) is 1. The Morgan fingerprint density at radius 3 is 2.80 bits per heavy atom. The first-order valence-electron chi connectivity index (χ1n) is 6.10. The Labute approximate surface area is 123 Å². The van der Waals surface area contributed by atoms with Gasteiger partial charge >= 0.3 is 0 Å². The average Bonchev–Trinajstić information content (AvgIpc) is 2.43. The molecular formula is C15H16ClFN2O. The Balaban J connectivity index is 0.00000200. The van der Waals surface area contributed by atoms with Crippen LogP contribution in [-0.2, 0) is 6.42 Å². The second-order valence-electron chi connectivity index (χ2n) is 4.33. The van der Waals surface area contributed by atoms with E-state index in [1.54, 1.807) is 37.4 Å². The lowest BCUT2D eigenvalue weighted by Crippen LogP contribution is -2.25. The Morgan fingerprint density at radius 1 is 1.35 bits per heavy atom. The van der Waals surface area contributed by atoms with Crippen molar-refractivity contribution in [3.63, 3.8) is 0 Å². The fourth-order valence-corrected chi connectivity index (χ4v) is 1.78. The van der Waals surface area contributed by atoms with Crippen molar-refractivity contribution in [3.05, 3.63) is 65.2 Å². The van der Waals surface area contributed by atoms with Crippen LogP contribution < -0.4 is 5.32 Å². The minimum atomic E-state index is -0.205. The van der Waals surface area contributed by atoms with Gasteiger partial charge in [0, 0.05) is 18.9 Å². The maximum Gasteiger partial charge on any atom is 0.252 e. The van der Waals surface area contributed by atoms with Crippen molar-refractivity contribution in [2.75, 3.05) is 6.54 Å². The standard InChI is InChI=1S/C15H15FN2O.ClH/c1-11-9-12(4-5-14(11)16)6-8-18-15(19)13-3-2-7-17-10-13;/h2-5,7,9-10H,6,8H2,1H3,(H,18,19);1H. The van der Waals surface area contributed by atoms with E-state index in [2.05, 4.69) is 10.3 Å². The van der Waals surface area contributed by atoms with Gasteiger partial charge in [0.1, 0.15) is 5.82 Å². The summed E-state index contributed by atoms with van der Waals surface area (Å²) in [7, 11) is 0. The van der Waals surface area contributed by atoms with E-state index < -0.39 is 0 Å². The summed E-state index contributed by atoms with van der Waals surface area (Å²) in [5.74, 6) is -0.352. The molecule has 5 heteroatoms. The number of carbonyl (C=O) groups excluding carboxylic acids is 1. The van der Waals surface area contributed by atoms with E-state index in [-0.39, 0.29) is 24.1 Å². The topological polar surface area (TPSA) is 42.0 Å². The van der Waals surface area contributed by atoms with Crippen LogP contribution in [0.4, 0.5) is 4.39 Å². The van der Waals surface area contributed by atoms with Crippen LogP contribution >= 0.6 is 12.4 Å². The Bertz CT molecular complexity index is 575. The predicted octanol–water partition coefficient (Wildman–Crippen LogP) is 2.92. The second kappa shape index (κ2) is 7.60. The van der Waals surface area contributed by atoms with Crippen LogP contribution in [0.1, 0.15) is 21.5 Å². The van der Waals surface area contributed by atoms with Crippen molar-refractivity contribution in [2.24, 2.45) is 0 Å². The third kappa shape index (κ3) is 4.31. The van der Waals surface area contributed by atoms with Crippen LogP contribution in [0.3, 0.4) is 0 Å². The largest absolute Gasteiger partial charge is 0.352 e. The van der Waals surface area contributed by atoms with Crippen molar-refractivity contribution in [1.82, 2.24) is 10.3 Å². The summed E-state index contributed by atoms with van der Waals surface area (Å²) in [6.45, 7) is 2.24. The molecule has 1 aromatic carbocycles. The maximum absolute atomic E-state index is 13.1. The minimum absolute atomic E-state index is 0. The molecule has 0 saturated heterocycles. The molecule has 1 amide bonds. The fraction of sp³-hybridized carbons (Fsp3) is 0.200.